The quantitative estimate of drug-likeness (QED) is 0.395. The summed E-state index contributed by atoms with van der Waals surface area (Å²) in [6.07, 6.45) is 1.71. The molecule has 0 radical (unpaired) electrons. The molecule has 5 rings (SSSR count). The average molecular weight is 502 g/mol. The molecule has 2 unspecified atom stereocenters. The Morgan fingerprint density at radius 2 is 1.86 bits per heavy atom. The number of para-hydroxylation sites is 2. The van der Waals surface area contributed by atoms with Crippen LogP contribution in [0.25, 0.3) is 11.0 Å². The van der Waals surface area contributed by atoms with Gasteiger partial charge in [-0.2, -0.15) is 0 Å². The van der Waals surface area contributed by atoms with Gasteiger partial charge in [0, 0.05) is 13.2 Å². The van der Waals surface area contributed by atoms with Crippen LogP contribution in [0.5, 0.6) is 0 Å². The maximum atomic E-state index is 15.2. The number of aromatic nitrogens is 3. The molecule has 190 valence electrons. The number of nitrogens with one attached hydrogen (secondary N) is 1. The molecule has 2 atom stereocenters. The third-order valence-corrected chi connectivity index (χ3v) is 6.51. The Labute approximate surface area is 214 Å². The molecule has 1 aliphatic heterocycles. The van der Waals surface area contributed by atoms with Gasteiger partial charge >= 0.3 is 0 Å². The summed E-state index contributed by atoms with van der Waals surface area (Å²) in [4.78, 5) is 28.9. The molecule has 0 bridgehead atoms. The van der Waals surface area contributed by atoms with Crippen molar-refractivity contribution >= 4 is 28.5 Å². The fourth-order valence-corrected chi connectivity index (χ4v) is 4.59. The lowest BCUT2D eigenvalue weighted by Crippen LogP contribution is -2.47. The molecule has 1 aliphatic rings. The van der Waals surface area contributed by atoms with Gasteiger partial charge in [0.05, 0.1) is 17.3 Å². The van der Waals surface area contributed by atoms with E-state index in [0.29, 0.717) is 29.7 Å². The molecule has 2 heterocycles. The highest BCUT2D eigenvalue weighted by Crippen LogP contribution is 2.31. The third kappa shape index (κ3) is 5.36. The highest BCUT2D eigenvalue weighted by molar-refractivity contribution is 6.01. The van der Waals surface area contributed by atoms with Gasteiger partial charge in [-0.3, -0.25) is 14.5 Å². The number of anilines is 1. The molecule has 1 N–H and O–H groups in total. The van der Waals surface area contributed by atoms with Gasteiger partial charge in [-0.25, -0.2) is 9.07 Å². The van der Waals surface area contributed by atoms with Gasteiger partial charge < -0.3 is 10.1 Å². The maximum Gasteiger partial charge on any atom is 0.249 e. The number of nitrogens with zero attached hydrogens (tertiary/aromatic N) is 4. The van der Waals surface area contributed by atoms with Crippen LogP contribution in [0.1, 0.15) is 30.0 Å². The molecular weight excluding hydrogens is 473 g/mol. The van der Waals surface area contributed by atoms with E-state index < -0.39 is 23.7 Å². The zero-order valence-corrected chi connectivity index (χ0v) is 20.5. The highest BCUT2D eigenvalue weighted by Gasteiger charge is 2.35. The van der Waals surface area contributed by atoms with Crippen LogP contribution in [0.15, 0.2) is 72.8 Å². The van der Waals surface area contributed by atoms with Crippen molar-refractivity contribution in [2.24, 2.45) is 0 Å². The van der Waals surface area contributed by atoms with E-state index in [1.807, 2.05) is 37.3 Å². The van der Waals surface area contributed by atoms with Crippen LogP contribution < -0.4 is 10.2 Å². The SMILES string of the molecule is Cc1ccc(C(C(=O)NCC2CCCO2)N(C(=O)Cn2nnc3ccccc32)c2ccccc2F)cc1. The highest BCUT2D eigenvalue weighted by atomic mass is 19.1. The van der Waals surface area contributed by atoms with Crippen molar-refractivity contribution in [2.45, 2.75) is 38.5 Å². The van der Waals surface area contributed by atoms with Crippen molar-refractivity contribution in [3.05, 3.63) is 89.7 Å². The molecule has 1 saturated heterocycles. The van der Waals surface area contributed by atoms with Gasteiger partial charge in [-0.1, -0.05) is 59.3 Å². The summed E-state index contributed by atoms with van der Waals surface area (Å²) < 4.78 is 22.3. The molecule has 37 heavy (non-hydrogen) atoms. The standard InChI is InChI=1S/C28H28FN5O3/c1-19-12-14-20(15-13-19)27(28(36)30-17-21-7-6-16-37-21)34(24-10-4-2-8-22(24)29)26(35)18-33-25-11-5-3-9-23(25)31-32-33/h2-5,8-15,21,27H,6-7,16-18H2,1H3,(H,30,36). The fraction of sp³-hybridized carbons (Fsp3) is 0.286. The van der Waals surface area contributed by atoms with Gasteiger partial charge in [-0.15, -0.1) is 5.10 Å². The van der Waals surface area contributed by atoms with Crippen LogP contribution in [0.2, 0.25) is 0 Å². The lowest BCUT2D eigenvalue weighted by atomic mass is 10.0. The average Bonchev–Trinajstić information content (AvgIpc) is 3.58. The Kier molecular flexibility index (Phi) is 7.23. The Hall–Kier alpha value is -4.11. The minimum absolute atomic E-state index is 0.00904. The summed E-state index contributed by atoms with van der Waals surface area (Å²) in [7, 11) is 0. The predicted molar refractivity (Wildman–Crippen MR) is 137 cm³/mol. The second-order valence-corrected chi connectivity index (χ2v) is 9.14. The second kappa shape index (κ2) is 10.9. The first-order valence-corrected chi connectivity index (χ1v) is 12.3. The Bertz CT molecular complexity index is 1400. The number of hydrogen-bond donors (Lipinski definition) is 1. The van der Waals surface area contributed by atoms with Crippen LogP contribution in [-0.4, -0.2) is 46.1 Å². The number of halogens is 1. The summed E-state index contributed by atoms with van der Waals surface area (Å²) in [5.41, 5.74) is 2.88. The van der Waals surface area contributed by atoms with Crippen LogP contribution in [0.4, 0.5) is 10.1 Å². The number of carbonyl (C=O) groups is 2. The topological polar surface area (TPSA) is 89.4 Å². The van der Waals surface area contributed by atoms with Gasteiger partial charge in [0.1, 0.15) is 23.9 Å². The van der Waals surface area contributed by atoms with E-state index in [1.165, 1.54) is 21.7 Å². The van der Waals surface area contributed by atoms with Gasteiger partial charge in [-0.05, 0) is 49.6 Å². The van der Waals surface area contributed by atoms with Gasteiger partial charge in [0.2, 0.25) is 11.8 Å². The Morgan fingerprint density at radius 3 is 2.62 bits per heavy atom. The lowest BCUT2D eigenvalue weighted by molar-refractivity contribution is -0.127. The van der Waals surface area contributed by atoms with E-state index >= 15 is 4.39 Å². The molecule has 8 nitrogen and oxygen atoms in total. The van der Waals surface area contributed by atoms with Crippen molar-refractivity contribution in [1.82, 2.24) is 20.3 Å². The molecule has 4 aromatic rings. The molecule has 3 aromatic carbocycles. The number of ether oxygens (including phenoxy) is 1. The van der Waals surface area contributed by atoms with Crippen LogP contribution >= 0.6 is 0 Å². The smallest absolute Gasteiger partial charge is 0.249 e. The van der Waals surface area contributed by atoms with E-state index in [4.69, 9.17) is 4.74 Å². The Morgan fingerprint density at radius 1 is 1.11 bits per heavy atom. The molecule has 0 aliphatic carbocycles. The third-order valence-electron chi connectivity index (χ3n) is 6.51. The normalized spacial score (nSPS) is 16.0. The molecule has 0 spiro atoms. The van der Waals surface area contributed by atoms with Gasteiger partial charge in [0.25, 0.3) is 0 Å². The fourth-order valence-electron chi connectivity index (χ4n) is 4.59. The van der Waals surface area contributed by atoms with Crippen LogP contribution in [0.3, 0.4) is 0 Å². The monoisotopic (exact) mass is 501 g/mol. The second-order valence-electron chi connectivity index (χ2n) is 9.14. The van der Waals surface area contributed by atoms with E-state index in [-0.39, 0.29) is 18.3 Å². The molecule has 0 saturated carbocycles. The molecule has 9 heteroatoms. The molecular formula is C28H28FN5O3. The van der Waals surface area contributed by atoms with Crippen molar-refractivity contribution in [3.8, 4) is 0 Å². The zero-order chi connectivity index (χ0) is 25.8. The molecule has 2 amide bonds. The van der Waals surface area contributed by atoms with Crippen LogP contribution in [-0.2, 0) is 20.9 Å². The summed E-state index contributed by atoms with van der Waals surface area (Å²) in [5.74, 6) is -1.53. The Balaban J connectivity index is 1.54. The number of amides is 2. The first-order chi connectivity index (χ1) is 18.0. The largest absolute Gasteiger partial charge is 0.376 e. The first kappa shape index (κ1) is 24.6. The lowest BCUT2D eigenvalue weighted by Gasteiger charge is -2.32. The number of fused-ring (bicyclic) bond motifs is 1. The first-order valence-electron chi connectivity index (χ1n) is 12.3. The number of hydrogen-bond acceptors (Lipinski definition) is 5. The maximum absolute atomic E-state index is 15.2. The van der Waals surface area contributed by atoms with Crippen molar-refractivity contribution in [2.75, 3.05) is 18.1 Å². The minimum atomic E-state index is -1.11. The molecule has 1 aromatic heterocycles. The van der Waals surface area contributed by atoms with Crippen molar-refractivity contribution in [1.29, 1.82) is 0 Å². The van der Waals surface area contributed by atoms with E-state index in [2.05, 4.69) is 15.6 Å². The van der Waals surface area contributed by atoms with E-state index in [9.17, 15) is 9.59 Å². The number of benzene rings is 3. The molecule has 1 fully saturated rings. The van der Waals surface area contributed by atoms with Crippen molar-refractivity contribution < 1.29 is 18.7 Å². The number of aryl methyl sites for hydroxylation is 1. The minimum Gasteiger partial charge on any atom is -0.376 e. The number of rotatable bonds is 8. The van der Waals surface area contributed by atoms with Gasteiger partial charge in [0.15, 0.2) is 0 Å². The summed E-state index contributed by atoms with van der Waals surface area (Å²) >= 11 is 0. The number of carbonyl (C=O) groups excluding carboxylic acids is 2. The van der Waals surface area contributed by atoms with E-state index in [0.717, 1.165) is 18.4 Å². The summed E-state index contributed by atoms with van der Waals surface area (Å²) in [5, 5.41) is 11.2. The van der Waals surface area contributed by atoms with Crippen molar-refractivity contribution in [3.63, 3.8) is 0 Å². The summed E-state index contributed by atoms with van der Waals surface area (Å²) in [6, 6.07) is 19.4. The zero-order valence-electron chi connectivity index (χ0n) is 20.5. The summed E-state index contributed by atoms with van der Waals surface area (Å²) in [6.45, 7) is 2.68. The predicted octanol–water partition coefficient (Wildman–Crippen LogP) is 3.95. The van der Waals surface area contributed by atoms with E-state index in [1.54, 1.807) is 30.3 Å². The van der Waals surface area contributed by atoms with Crippen LogP contribution in [0, 0.1) is 12.7 Å².